The number of hydrogen-bond donors (Lipinski definition) is 1. The number of anilines is 2. The molecule has 0 bridgehead atoms. The lowest BCUT2D eigenvalue weighted by Crippen LogP contribution is -2.43. The first-order valence-electron chi connectivity index (χ1n) is 9.07. The van der Waals surface area contributed by atoms with E-state index in [9.17, 15) is 8.42 Å². The Morgan fingerprint density at radius 1 is 0.963 bits per heavy atom. The second kappa shape index (κ2) is 6.90. The van der Waals surface area contributed by atoms with E-state index in [4.69, 9.17) is 0 Å². The van der Waals surface area contributed by atoms with Gasteiger partial charge in [-0.15, -0.1) is 0 Å². The van der Waals surface area contributed by atoms with Crippen LogP contribution < -0.4 is 15.1 Å². The van der Waals surface area contributed by atoms with Crippen molar-refractivity contribution in [1.29, 1.82) is 0 Å². The molecule has 0 unspecified atom stereocenters. The summed E-state index contributed by atoms with van der Waals surface area (Å²) in [4.78, 5) is 4.54. The summed E-state index contributed by atoms with van der Waals surface area (Å²) in [6.07, 6.45) is 1.66. The summed E-state index contributed by atoms with van der Waals surface area (Å²) in [6, 6.07) is 14.7. The molecule has 1 saturated heterocycles. The lowest BCUT2D eigenvalue weighted by Gasteiger charge is -2.30. The van der Waals surface area contributed by atoms with Gasteiger partial charge in [-0.1, -0.05) is 6.07 Å². The van der Waals surface area contributed by atoms with Gasteiger partial charge in [0.15, 0.2) is 0 Å². The van der Waals surface area contributed by atoms with Crippen LogP contribution in [0, 0.1) is 0 Å². The molecule has 0 radical (unpaired) electrons. The van der Waals surface area contributed by atoms with Crippen molar-refractivity contribution in [1.82, 2.24) is 9.29 Å². The molecular formula is C20H24N4O2S. The highest BCUT2D eigenvalue weighted by molar-refractivity contribution is 7.90. The molecule has 7 heteroatoms. The van der Waals surface area contributed by atoms with Gasteiger partial charge < -0.3 is 15.1 Å². The van der Waals surface area contributed by atoms with Gasteiger partial charge in [-0.2, -0.15) is 0 Å². The van der Waals surface area contributed by atoms with Gasteiger partial charge in [-0.25, -0.2) is 12.4 Å². The Hall–Kier alpha value is -2.51. The van der Waals surface area contributed by atoms with Gasteiger partial charge in [-0.3, -0.25) is 0 Å². The fourth-order valence-electron chi connectivity index (χ4n) is 3.55. The number of fused-ring (bicyclic) bond motifs is 1. The SMILES string of the molecule is CN(C)c1ccc(S(=O)(=O)n2ccc3c(N4CCNCC4)cccc32)cc1. The van der Waals surface area contributed by atoms with E-state index in [0.29, 0.717) is 5.52 Å². The highest BCUT2D eigenvalue weighted by atomic mass is 32.2. The second-order valence-electron chi connectivity index (χ2n) is 6.95. The zero-order chi connectivity index (χ0) is 19.0. The number of piperazine rings is 1. The summed E-state index contributed by atoms with van der Waals surface area (Å²) < 4.78 is 27.8. The van der Waals surface area contributed by atoms with Gasteiger partial charge in [-0.05, 0) is 42.5 Å². The fraction of sp³-hybridized carbons (Fsp3) is 0.300. The molecule has 0 saturated carbocycles. The zero-order valence-corrected chi connectivity index (χ0v) is 16.4. The van der Waals surface area contributed by atoms with Crippen LogP contribution in [-0.2, 0) is 10.0 Å². The molecule has 2 aromatic carbocycles. The van der Waals surface area contributed by atoms with Crippen molar-refractivity contribution in [2.45, 2.75) is 4.90 Å². The molecule has 1 aromatic heterocycles. The Morgan fingerprint density at radius 3 is 2.33 bits per heavy atom. The molecule has 2 heterocycles. The van der Waals surface area contributed by atoms with Crippen molar-refractivity contribution < 1.29 is 8.42 Å². The molecule has 0 spiro atoms. The number of benzene rings is 2. The molecule has 0 atom stereocenters. The molecule has 27 heavy (non-hydrogen) atoms. The normalized spacial score (nSPS) is 15.3. The third-order valence-electron chi connectivity index (χ3n) is 5.04. The van der Waals surface area contributed by atoms with Crippen LogP contribution in [0.5, 0.6) is 0 Å². The van der Waals surface area contributed by atoms with E-state index in [1.165, 1.54) is 3.97 Å². The molecular weight excluding hydrogens is 360 g/mol. The van der Waals surface area contributed by atoms with Crippen molar-refractivity contribution in [3.8, 4) is 0 Å². The van der Waals surface area contributed by atoms with Crippen LogP contribution in [0.1, 0.15) is 0 Å². The van der Waals surface area contributed by atoms with Crippen molar-refractivity contribution in [2.24, 2.45) is 0 Å². The van der Waals surface area contributed by atoms with Crippen LogP contribution in [0.25, 0.3) is 10.9 Å². The summed E-state index contributed by atoms with van der Waals surface area (Å²) in [7, 11) is 0.217. The minimum atomic E-state index is -3.64. The molecule has 1 aliphatic heterocycles. The van der Waals surface area contributed by atoms with Crippen molar-refractivity contribution in [3.05, 3.63) is 54.7 Å². The largest absolute Gasteiger partial charge is 0.378 e. The second-order valence-corrected chi connectivity index (χ2v) is 8.77. The summed E-state index contributed by atoms with van der Waals surface area (Å²) in [5, 5.41) is 4.32. The van der Waals surface area contributed by atoms with E-state index < -0.39 is 10.0 Å². The maximum atomic E-state index is 13.2. The third-order valence-corrected chi connectivity index (χ3v) is 6.75. The van der Waals surface area contributed by atoms with Crippen molar-refractivity contribution in [3.63, 3.8) is 0 Å². The number of rotatable bonds is 4. The predicted octanol–water partition coefficient (Wildman–Crippen LogP) is 2.35. The zero-order valence-electron chi connectivity index (χ0n) is 15.6. The van der Waals surface area contributed by atoms with Crippen LogP contribution in [0.3, 0.4) is 0 Å². The molecule has 3 aromatic rings. The monoisotopic (exact) mass is 384 g/mol. The molecule has 4 rings (SSSR count). The lowest BCUT2D eigenvalue weighted by atomic mass is 10.2. The Kier molecular flexibility index (Phi) is 4.57. The van der Waals surface area contributed by atoms with E-state index in [1.807, 2.05) is 49.3 Å². The maximum absolute atomic E-state index is 13.2. The van der Waals surface area contributed by atoms with E-state index >= 15 is 0 Å². The van der Waals surface area contributed by atoms with Crippen LogP contribution in [0.15, 0.2) is 59.6 Å². The minimum Gasteiger partial charge on any atom is -0.378 e. The van der Waals surface area contributed by atoms with Gasteiger partial charge in [0.1, 0.15) is 0 Å². The highest BCUT2D eigenvalue weighted by Crippen LogP contribution is 2.30. The first-order chi connectivity index (χ1) is 13.0. The van der Waals surface area contributed by atoms with Gasteiger partial charge >= 0.3 is 0 Å². The van der Waals surface area contributed by atoms with Gasteiger partial charge in [0.2, 0.25) is 0 Å². The van der Waals surface area contributed by atoms with E-state index in [1.54, 1.807) is 18.3 Å². The topological polar surface area (TPSA) is 57.6 Å². The molecule has 142 valence electrons. The van der Waals surface area contributed by atoms with Gasteiger partial charge in [0.25, 0.3) is 10.0 Å². The van der Waals surface area contributed by atoms with E-state index in [0.717, 1.165) is 42.9 Å². The maximum Gasteiger partial charge on any atom is 0.268 e. The average Bonchev–Trinajstić information content (AvgIpc) is 3.14. The van der Waals surface area contributed by atoms with Crippen LogP contribution >= 0.6 is 0 Å². The lowest BCUT2D eigenvalue weighted by molar-refractivity contribution is 0.588. The predicted molar refractivity (Wildman–Crippen MR) is 110 cm³/mol. The van der Waals surface area contributed by atoms with Crippen LogP contribution in [-0.4, -0.2) is 52.7 Å². The van der Waals surface area contributed by atoms with Crippen molar-refractivity contribution in [2.75, 3.05) is 50.1 Å². The molecule has 1 N–H and O–H groups in total. The smallest absolute Gasteiger partial charge is 0.268 e. The quantitative estimate of drug-likeness (QED) is 0.748. The van der Waals surface area contributed by atoms with Crippen LogP contribution in [0.4, 0.5) is 11.4 Å². The summed E-state index contributed by atoms with van der Waals surface area (Å²) in [5.41, 5.74) is 2.76. The first kappa shape index (κ1) is 17.9. The number of nitrogens with one attached hydrogen (secondary N) is 1. The number of nitrogens with zero attached hydrogens (tertiary/aromatic N) is 3. The number of hydrogen-bond acceptors (Lipinski definition) is 5. The summed E-state index contributed by atoms with van der Waals surface area (Å²) in [6.45, 7) is 3.72. The van der Waals surface area contributed by atoms with Gasteiger partial charge in [0, 0.05) is 63.2 Å². The molecule has 1 fully saturated rings. The van der Waals surface area contributed by atoms with Crippen LogP contribution in [0.2, 0.25) is 0 Å². The standard InChI is InChI=1S/C20H24N4O2S/c1-22(2)16-6-8-17(9-7-16)27(25,26)24-13-10-18-19(4-3-5-20(18)24)23-14-11-21-12-15-23/h3-10,13,21H,11-12,14-15H2,1-2H3. The third kappa shape index (κ3) is 3.17. The Bertz CT molecular complexity index is 1050. The Morgan fingerprint density at radius 2 is 1.67 bits per heavy atom. The minimum absolute atomic E-state index is 0.290. The summed E-state index contributed by atoms with van der Waals surface area (Å²) in [5.74, 6) is 0. The highest BCUT2D eigenvalue weighted by Gasteiger charge is 2.21. The Labute approximate surface area is 160 Å². The average molecular weight is 385 g/mol. The molecule has 6 nitrogen and oxygen atoms in total. The van der Waals surface area contributed by atoms with E-state index in [2.05, 4.69) is 16.3 Å². The van der Waals surface area contributed by atoms with E-state index in [-0.39, 0.29) is 4.90 Å². The van der Waals surface area contributed by atoms with Gasteiger partial charge in [0.05, 0.1) is 10.4 Å². The molecule has 0 amide bonds. The Balaban J connectivity index is 1.77. The first-order valence-corrected chi connectivity index (χ1v) is 10.5. The molecule has 1 aliphatic rings. The molecule has 0 aliphatic carbocycles. The fourth-order valence-corrected chi connectivity index (χ4v) is 4.89. The van der Waals surface area contributed by atoms with Crippen molar-refractivity contribution >= 4 is 32.3 Å². The number of aromatic nitrogens is 1. The summed E-state index contributed by atoms with van der Waals surface area (Å²) >= 11 is 0.